The van der Waals surface area contributed by atoms with E-state index in [9.17, 15) is 13.2 Å². The minimum atomic E-state index is -3.82. The standard InChI is InChI=1S/C20H22N4O4S/c1-14-9-10-17(21-15(2)25)18(13-14)29(26,27)24(3)12-11-19-22-20(28-23-19)16-7-5-4-6-8-16/h4-10,13H,11-12H2,1-3H3,(H,21,25). The molecule has 152 valence electrons. The third-order valence-corrected chi connectivity index (χ3v) is 6.17. The van der Waals surface area contributed by atoms with Gasteiger partial charge < -0.3 is 9.84 Å². The molecule has 0 radical (unpaired) electrons. The molecule has 1 amide bonds. The van der Waals surface area contributed by atoms with Crippen molar-refractivity contribution in [1.82, 2.24) is 14.4 Å². The highest BCUT2D eigenvalue weighted by Crippen LogP contribution is 2.26. The molecule has 2 aromatic carbocycles. The Kier molecular flexibility index (Phi) is 6.09. The Hall–Kier alpha value is -3.04. The first-order valence-electron chi connectivity index (χ1n) is 9.00. The lowest BCUT2D eigenvalue weighted by Gasteiger charge is -2.19. The van der Waals surface area contributed by atoms with Gasteiger partial charge in [0, 0.05) is 32.5 Å². The van der Waals surface area contributed by atoms with Gasteiger partial charge >= 0.3 is 0 Å². The molecule has 0 saturated carbocycles. The number of carbonyl (C=O) groups excluding carboxylic acids is 1. The Morgan fingerprint density at radius 3 is 2.59 bits per heavy atom. The van der Waals surface area contributed by atoms with Gasteiger partial charge in [0.25, 0.3) is 5.89 Å². The fraction of sp³-hybridized carbons (Fsp3) is 0.250. The summed E-state index contributed by atoms with van der Waals surface area (Å²) >= 11 is 0. The van der Waals surface area contributed by atoms with Crippen LogP contribution in [-0.4, -0.2) is 42.4 Å². The molecule has 0 spiro atoms. The lowest BCUT2D eigenvalue weighted by molar-refractivity contribution is -0.114. The van der Waals surface area contributed by atoms with Crippen LogP contribution in [0.3, 0.4) is 0 Å². The average Bonchev–Trinajstić information content (AvgIpc) is 3.16. The van der Waals surface area contributed by atoms with Gasteiger partial charge in [-0.05, 0) is 36.8 Å². The van der Waals surface area contributed by atoms with Crippen LogP contribution >= 0.6 is 0 Å². The number of sulfonamides is 1. The molecule has 8 nitrogen and oxygen atoms in total. The van der Waals surface area contributed by atoms with Crippen molar-refractivity contribution in [2.24, 2.45) is 0 Å². The highest BCUT2D eigenvalue weighted by molar-refractivity contribution is 7.89. The zero-order chi connectivity index (χ0) is 21.0. The SMILES string of the molecule is CC(=O)Nc1ccc(C)cc1S(=O)(=O)N(C)CCc1noc(-c2ccccc2)n1. The lowest BCUT2D eigenvalue weighted by Crippen LogP contribution is -2.30. The first kappa shape index (κ1) is 20.7. The van der Waals surface area contributed by atoms with Gasteiger partial charge in [0.15, 0.2) is 5.82 Å². The zero-order valence-electron chi connectivity index (χ0n) is 16.4. The monoisotopic (exact) mass is 414 g/mol. The van der Waals surface area contributed by atoms with E-state index in [0.717, 1.165) is 11.1 Å². The number of anilines is 1. The van der Waals surface area contributed by atoms with Gasteiger partial charge in [0.05, 0.1) is 5.69 Å². The maximum Gasteiger partial charge on any atom is 0.257 e. The molecule has 0 bridgehead atoms. The molecule has 0 aliphatic heterocycles. The Morgan fingerprint density at radius 2 is 1.90 bits per heavy atom. The second-order valence-electron chi connectivity index (χ2n) is 6.64. The maximum atomic E-state index is 13.0. The van der Waals surface area contributed by atoms with E-state index >= 15 is 0 Å². The highest BCUT2D eigenvalue weighted by atomic mass is 32.2. The van der Waals surface area contributed by atoms with Crippen LogP contribution < -0.4 is 5.32 Å². The summed E-state index contributed by atoms with van der Waals surface area (Å²) in [6.07, 6.45) is 0.285. The van der Waals surface area contributed by atoms with Crippen LogP contribution in [-0.2, 0) is 21.2 Å². The van der Waals surface area contributed by atoms with Gasteiger partial charge in [-0.25, -0.2) is 12.7 Å². The van der Waals surface area contributed by atoms with Gasteiger partial charge in [-0.3, -0.25) is 4.79 Å². The summed E-state index contributed by atoms with van der Waals surface area (Å²) in [6.45, 7) is 3.28. The predicted octanol–water partition coefficient (Wildman–Crippen LogP) is 2.87. The number of hydrogen-bond acceptors (Lipinski definition) is 6. The number of amides is 1. The van der Waals surface area contributed by atoms with Crippen molar-refractivity contribution < 1.29 is 17.7 Å². The maximum absolute atomic E-state index is 13.0. The molecule has 3 rings (SSSR count). The number of nitrogens with one attached hydrogen (secondary N) is 1. The Morgan fingerprint density at radius 1 is 1.17 bits per heavy atom. The molecule has 0 fully saturated rings. The summed E-state index contributed by atoms with van der Waals surface area (Å²) in [5, 5.41) is 6.50. The van der Waals surface area contributed by atoms with Gasteiger partial charge in [-0.15, -0.1) is 0 Å². The molecule has 0 atom stereocenters. The van der Waals surface area contributed by atoms with Crippen molar-refractivity contribution >= 4 is 21.6 Å². The number of benzene rings is 2. The molecule has 0 unspecified atom stereocenters. The molecule has 0 aliphatic carbocycles. The number of nitrogens with zero attached hydrogens (tertiary/aromatic N) is 3. The molecule has 29 heavy (non-hydrogen) atoms. The second-order valence-corrected chi connectivity index (χ2v) is 8.65. The molecule has 3 aromatic rings. The van der Waals surface area contributed by atoms with E-state index in [1.54, 1.807) is 25.1 Å². The summed E-state index contributed by atoms with van der Waals surface area (Å²) in [7, 11) is -2.34. The summed E-state index contributed by atoms with van der Waals surface area (Å²) < 4.78 is 32.6. The van der Waals surface area contributed by atoms with Gasteiger partial charge in [-0.1, -0.05) is 29.4 Å². The third kappa shape index (κ3) is 4.87. The zero-order valence-corrected chi connectivity index (χ0v) is 17.2. The van der Waals surface area contributed by atoms with Crippen molar-refractivity contribution in [3.8, 4) is 11.5 Å². The molecule has 0 saturated heterocycles. The quantitative estimate of drug-likeness (QED) is 0.637. The summed E-state index contributed by atoms with van der Waals surface area (Å²) in [4.78, 5) is 15.8. The van der Waals surface area contributed by atoms with Crippen LogP contribution in [0.25, 0.3) is 11.5 Å². The van der Waals surface area contributed by atoms with E-state index < -0.39 is 10.0 Å². The number of likely N-dealkylation sites (N-methyl/N-ethyl adjacent to an activating group) is 1. The molecular weight excluding hydrogens is 392 g/mol. The first-order chi connectivity index (χ1) is 13.8. The topological polar surface area (TPSA) is 105 Å². The van der Waals surface area contributed by atoms with Gasteiger partial charge in [0.1, 0.15) is 4.90 Å². The third-order valence-electron chi connectivity index (χ3n) is 4.28. The van der Waals surface area contributed by atoms with E-state index in [1.807, 2.05) is 30.3 Å². The van der Waals surface area contributed by atoms with Gasteiger partial charge in [-0.2, -0.15) is 4.98 Å². The molecule has 1 heterocycles. The highest BCUT2D eigenvalue weighted by Gasteiger charge is 2.25. The number of rotatable bonds is 7. The minimum absolute atomic E-state index is 0.0493. The van der Waals surface area contributed by atoms with Crippen LogP contribution in [0.1, 0.15) is 18.3 Å². The van der Waals surface area contributed by atoms with Crippen LogP contribution in [0.4, 0.5) is 5.69 Å². The van der Waals surface area contributed by atoms with Crippen molar-refractivity contribution in [2.75, 3.05) is 18.9 Å². The molecule has 0 aliphatic rings. The van der Waals surface area contributed by atoms with E-state index in [-0.39, 0.29) is 29.5 Å². The van der Waals surface area contributed by atoms with Crippen molar-refractivity contribution in [3.05, 3.63) is 59.9 Å². The van der Waals surface area contributed by atoms with E-state index in [0.29, 0.717) is 11.7 Å². The number of aromatic nitrogens is 2. The molecule has 1 aromatic heterocycles. The number of carbonyl (C=O) groups is 1. The van der Waals surface area contributed by atoms with Crippen LogP contribution in [0.15, 0.2) is 57.9 Å². The predicted molar refractivity (Wildman–Crippen MR) is 109 cm³/mol. The molecule has 9 heteroatoms. The van der Waals surface area contributed by atoms with Crippen molar-refractivity contribution in [1.29, 1.82) is 0 Å². The normalized spacial score (nSPS) is 11.6. The average molecular weight is 414 g/mol. The number of hydrogen-bond donors (Lipinski definition) is 1. The largest absolute Gasteiger partial charge is 0.334 e. The van der Waals surface area contributed by atoms with Crippen molar-refractivity contribution in [3.63, 3.8) is 0 Å². The lowest BCUT2D eigenvalue weighted by atomic mass is 10.2. The van der Waals surface area contributed by atoms with Crippen molar-refractivity contribution in [2.45, 2.75) is 25.2 Å². The Bertz CT molecular complexity index is 1110. The van der Waals surface area contributed by atoms with Gasteiger partial charge in [0.2, 0.25) is 15.9 Å². The fourth-order valence-corrected chi connectivity index (χ4v) is 4.13. The Balaban J connectivity index is 1.75. The van der Waals surface area contributed by atoms with Crippen LogP contribution in [0, 0.1) is 6.92 Å². The van der Waals surface area contributed by atoms with Crippen LogP contribution in [0.5, 0.6) is 0 Å². The van der Waals surface area contributed by atoms with Crippen LogP contribution in [0.2, 0.25) is 0 Å². The smallest absolute Gasteiger partial charge is 0.257 e. The van der Waals surface area contributed by atoms with E-state index in [4.69, 9.17) is 4.52 Å². The summed E-state index contributed by atoms with van der Waals surface area (Å²) in [5.41, 5.74) is 1.82. The summed E-state index contributed by atoms with van der Waals surface area (Å²) in [5.74, 6) is 0.461. The van der Waals surface area contributed by atoms with E-state index in [2.05, 4.69) is 15.5 Å². The number of aryl methyl sites for hydroxylation is 1. The summed E-state index contributed by atoms with van der Waals surface area (Å²) in [6, 6.07) is 14.2. The Labute approximate surface area is 169 Å². The fourth-order valence-electron chi connectivity index (χ4n) is 2.73. The van der Waals surface area contributed by atoms with E-state index in [1.165, 1.54) is 18.3 Å². The molecule has 1 N–H and O–H groups in total. The second kappa shape index (κ2) is 8.54. The first-order valence-corrected chi connectivity index (χ1v) is 10.4. The minimum Gasteiger partial charge on any atom is -0.334 e. The molecular formula is C20H22N4O4S.